The summed E-state index contributed by atoms with van der Waals surface area (Å²) in [7, 11) is 0. The molecule has 78 valence electrons. The van der Waals surface area contributed by atoms with E-state index in [1.54, 1.807) is 17.6 Å². The second kappa shape index (κ2) is 4.59. The zero-order valence-electron chi connectivity index (χ0n) is 8.01. The number of carbonyl (C=O) groups excluding carboxylic acids is 1. The van der Waals surface area contributed by atoms with Crippen LogP contribution in [0.2, 0.25) is 0 Å². The fourth-order valence-electron chi connectivity index (χ4n) is 1.01. The molecular formula is C9H9N3OS2. The van der Waals surface area contributed by atoms with Crippen LogP contribution in [0.5, 0.6) is 0 Å². The number of nitrogens with zero attached hydrogens (tertiary/aromatic N) is 2. The Bertz CT molecular complexity index is 411. The molecule has 1 saturated heterocycles. The highest BCUT2D eigenvalue weighted by atomic mass is 32.2. The van der Waals surface area contributed by atoms with Crippen molar-refractivity contribution in [1.29, 1.82) is 0 Å². The molecule has 1 aromatic rings. The van der Waals surface area contributed by atoms with Gasteiger partial charge in [-0.3, -0.25) is 4.79 Å². The number of nitrogens with one attached hydrogen (secondary N) is 1. The molecule has 0 radical (unpaired) electrons. The van der Waals surface area contributed by atoms with Crippen molar-refractivity contribution >= 4 is 40.4 Å². The van der Waals surface area contributed by atoms with Crippen molar-refractivity contribution in [2.24, 2.45) is 10.2 Å². The first-order valence-corrected chi connectivity index (χ1v) is 6.13. The fourth-order valence-corrected chi connectivity index (χ4v) is 2.34. The largest absolute Gasteiger partial charge is 0.303 e. The predicted molar refractivity (Wildman–Crippen MR) is 64.5 cm³/mol. The highest BCUT2D eigenvalue weighted by Crippen LogP contribution is 2.18. The Morgan fingerprint density at radius 2 is 2.47 bits per heavy atom. The molecule has 0 unspecified atom stereocenters. The molecule has 2 rings (SSSR count). The highest BCUT2D eigenvalue weighted by molar-refractivity contribution is 8.15. The van der Waals surface area contributed by atoms with Gasteiger partial charge in [0.05, 0.1) is 11.5 Å². The summed E-state index contributed by atoms with van der Waals surface area (Å²) in [5.41, 5.74) is 0. The highest BCUT2D eigenvalue weighted by Gasteiger charge is 2.25. The maximum Gasteiger partial charge on any atom is 0.239 e. The first kappa shape index (κ1) is 10.4. The summed E-state index contributed by atoms with van der Waals surface area (Å²) in [5, 5.41) is 12.9. The fraction of sp³-hybridized carbons (Fsp3) is 0.222. The summed E-state index contributed by atoms with van der Waals surface area (Å²) < 4.78 is 0. The van der Waals surface area contributed by atoms with Gasteiger partial charge in [-0.2, -0.15) is 5.10 Å². The predicted octanol–water partition coefficient (Wildman–Crippen LogP) is 1.69. The zero-order chi connectivity index (χ0) is 10.7. The van der Waals surface area contributed by atoms with Gasteiger partial charge in [0, 0.05) is 4.88 Å². The Hall–Kier alpha value is -1.14. The lowest BCUT2D eigenvalue weighted by Crippen LogP contribution is -2.23. The van der Waals surface area contributed by atoms with Crippen molar-refractivity contribution in [3.8, 4) is 0 Å². The average Bonchev–Trinajstić information content (AvgIpc) is 2.79. The molecule has 15 heavy (non-hydrogen) atoms. The topological polar surface area (TPSA) is 53.8 Å². The lowest BCUT2D eigenvalue weighted by molar-refractivity contribution is -0.118. The van der Waals surface area contributed by atoms with Gasteiger partial charge in [0.15, 0.2) is 5.17 Å². The van der Waals surface area contributed by atoms with Gasteiger partial charge in [-0.25, -0.2) is 0 Å². The van der Waals surface area contributed by atoms with Crippen molar-refractivity contribution in [3.05, 3.63) is 22.4 Å². The molecule has 1 amide bonds. The van der Waals surface area contributed by atoms with Gasteiger partial charge in [-0.05, 0) is 18.4 Å². The van der Waals surface area contributed by atoms with Gasteiger partial charge in [-0.15, -0.1) is 16.4 Å². The van der Waals surface area contributed by atoms with E-state index in [-0.39, 0.29) is 11.2 Å². The van der Waals surface area contributed by atoms with E-state index >= 15 is 0 Å². The monoisotopic (exact) mass is 239 g/mol. The SMILES string of the molecule is C[C@H]1S/C(=N/N=C/c2cccs2)NC1=O. The molecule has 6 heteroatoms. The number of hydrogen-bond donors (Lipinski definition) is 1. The number of amides is 1. The Kier molecular flexibility index (Phi) is 3.17. The second-order valence-corrected chi connectivity index (χ2v) is 5.22. The van der Waals surface area contributed by atoms with Crippen LogP contribution >= 0.6 is 23.1 Å². The number of hydrogen-bond acceptors (Lipinski definition) is 5. The summed E-state index contributed by atoms with van der Waals surface area (Å²) in [5.74, 6) is -0.00919. The average molecular weight is 239 g/mol. The maximum absolute atomic E-state index is 11.1. The Balaban J connectivity index is 1.98. The minimum atomic E-state index is -0.0688. The van der Waals surface area contributed by atoms with Crippen molar-refractivity contribution in [3.63, 3.8) is 0 Å². The lowest BCUT2D eigenvalue weighted by atomic mass is 10.4. The quantitative estimate of drug-likeness (QED) is 0.630. The molecule has 0 saturated carbocycles. The van der Waals surface area contributed by atoms with Crippen LogP contribution in [0.25, 0.3) is 0 Å². The third-order valence-electron chi connectivity index (χ3n) is 1.76. The van der Waals surface area contributed by atoms with Crippen LogP contribution < -0.4 is 5.32 Å². The standard InChI is InChI=1S/C9H9N3OS2/c1-6-8(13)11-9(15-6)12-10-5-7-3-2-4-14-7/h2-6H,1H3,(H,11,12,13)/b10-5+/t6-/m1/s1. The summed E-state index contributed by atoms with van der Waals surface area (Å²) in [4.78, 5) is 12.2. The second-order valence-electron chi connectivity index (χ2n) is 2.91. The molecule has 1 N–H and O–H groups in total. The normalized spacial score (nSPS) is 23.9. The van der Waals surface area contributed by atoms with Gasteiger partial charge >= 0.3 is 0 Å². The van der Waals surface area contributed by atoms with Crippen LogP contribution in [0.15, 0.2) is 27.7 Å². The molecule has 1 atom stereocenters. The zero-order valence-corrected chi connectivity index (χ0v) is 9.64. The van der Waals surface area contributed by atoms with E-state index in [1.165, 1.54) is 11.8 Å². The molecule has 1 aliphatic heterocycles. The molecule has 0 aromatic carbocycles. The van der Waals surface area contributed by atoms with E-state index in [4.69, 9.17) is 0 Å². The summed E-state index contributed by atoms with van der Waals surface area (Å²) >= 11 is 2.98. The van der Waals surface area contributed by atoms with Crippen molar-refractivity contribution in [2.75, 3.05) is 0 Å². The number of carbonyl (C=O) groups is 1. The Labute approximate surface area is 95.5 Å². The first-order chi connectivity index (χ1) is 7.25. The molecule has 4 nitrogen and oxygen atoms in total. The molecule has 0 aliphatic carbocycles. The van der Waals surface area contributed by atoms with E-state index < -0.39 is 0 Å². The molecule has 1 aliphatic rings. The van der Waals surface area contributed by atoms with E-state index in [0.29, 0.717) is 5.17 Å². The third-order valence-corrected chi connectivity index (χ3v) is 3.55. The smallest absolute Gasteiger partial charge is 0.239 e. The van der Waals surface area contributed by atoms with Crippen LogP contribution in [0.3, 0.4) is 0 Å². The third kappa shape index (κ3) is 2.66. The summed E-state index contributed by atoms with van der Waals surface area (Å²) in [6, 6.07) is 3.91. The van der Waals surface area contributed by atoms with Crippen LogP contribution in [-0.2, 0) is 4.79 Å². The van der Waals surface area contributed by atoms with Gasteiger partial charge in [0.1, 0.15) is 0 Å². The van der Waals surface area contributed by atoms with Crippen LogP contribution in [-0.4, -0.2) is 22.5 Å². The van der Waals surface area contributed by atoms with Crippen LogP contribution in [0.4, 0.5) is 0 Å². The van der Waals surface area contributed by atoms with E-state index in [2.05, 4.69) is 15.5 Å². The Morgan fingerprint density at radius 1 is 1.60 bits per heavy atom. The van der Waals surface area contributed by atoms with E-state index in [0.717, 1.165) is 4.88 Å². The molecule has 0 spiro atoms. The van der Waals surface area contributed by atoms with Gasteiger partial charge < -0.3 is 5.32 Å². The number of amidine groups is 1. The van der Waals surface area contributed by atoms with Crippen molar-refractivity contribution in [2.45, 2.75) is 12.2 Å². The molecule has 1 fully saturated rings. The summed E-state index contributed by atoms with van der Waals surface area (Å²) in [6.45, 7) is 1.84. The number of thiophene rings is 1. The van der Waals surface area contributed by atoms with Crippen LogP contribution in [0.1, 0.15) is 11.8 Å². The van der Waals surface area contributed by atoms with Gasteiger partial charge in [-0.1, -0.05) is 17.8 Å². The Morgan fingerprint density at radius 3 is 3.07 bits per heavy atom. The minimum Gasteiger partial charge on any atom is -0.303 e. The summed E-state index contributed by atoms with van der Waals surface area (Å²) in [6.07, 6.45) is 1.67. The minimum absolute atomic E-state index is 0.00919. The van der Waals surface area contributed by atoms with Gasteiger partial charge in [0.25, 0.3) is 0 Å². The van der Waals surface area contributed by atoms with Crippen molar-refractivity contribution < 1.29 is 4.79 Å². The lowest BCUT2D eigenvalue weighted by Gasteiger charge is -1.88. The van der Waals surface area contributed by atoms with E-state index in [9.17, 15) is 4.79 Å². The van der Waals surface area contributed by atoms with Gasteiger partial charge in [0.2, 0.25) is 5.91 Å². The number of rotatable bonds is 2. The molecule has 0 bridgehead atoms. The molecule has 2 heterocycles. The number of thioether (sulfide) groups is 1. The van der Waals surface area contributed by atoms with E-state index in [1.807, 2.05) is 24.4 Å². The molecular weight excluding hydrogens is 230 g/mol. The van der Waals surface area contributed by atoms with Crippen molar-refractivity contribution in [1.82, 2.24) is 5.32 Å². The molecule has 1 aromatic heterocycles. The first-order valence-electron chi connectivity index (χ1n) is 4.38. The van der Waals surface area contributed by atoms with Crippen LogP contribution in [0, 0.1) is 0 Å². The maximum atomic E-state index is 11.1.